The van der Waals surface area contributed by atoms with Gasteiger partial charge in [-0.05, 0) is 66.4 Å². The summed E-state index contributed by atoms with van der Waals surface area (Å²) in [6.45, 7) is 4.60. The maximum absolute atomic E-state index is 13.7. The van der Waals surface area contributed by atoms with E-state index in [9.17, 15) is 14.7 Å². The van der Waals surface area contributed by atoms with Crippen LogP contribution in [0.3, 0.4) is 0 Å². The predicted molar refractivity (Wildman–Crippen MR) is 173 cm³/mol. The number of hydrogen-bond acceptors (Lipinski definition) is 9. The van der Waals surface area contributed by atoms with Crippen molar-refractivity contribution in [2.75, 3.05) is 11.5 Å². The van der Waals surface area contributed by atoms with Gasteiger partial charge in [-0.25, -0.2) is 0 Å². The third-order valence-electron chi connectivity index (χ3n) is 7.47. The standard InChI is InChI=1S/C33H30ClN3O5S2/c1-3-4-14-41-24-10-7-9-20(17-24)28-27(29(38)21-12-13-26-23(16-21)15-19(2)42-26)30(39)31(40)37(28)32-35-36-33(44-32)43-18-22-8-5-6-11-25(22)34/h5-13,16-17,19,28,38H,3-4,14-15,18H2,1-2H3/b29-27+/t19-,28-/m1/s1. The van der Waals surface area contributed by atoms with E-state index in [0.29, 0.717) is 45.0 Å². The molecular weight excluding hydrogens is 618 g/mol. The smallest absolute Gasteiger partial charge is 0.301 e. The molecule has 0 bridgehead atoms. The maximum atomic E-state index is 13.7. The lowest BCUT2D eigenvalue weighted by molar-refractivity contribution is -0.132. The Morgan fingerprint density at radius 2 is 1.98 bits per heavy atom. The summed E-state index contributed by atoms with van der Waals surface area (Å²) in [6.07, 6.45) is 2.58. The number of hydrogen-bond donors (Lipinski definition) is 1. The molecule has 2 aliphatic heterocycles. The number of rotatable bonds is 10. The monoisotopic (exact) mass is 647 g/mol. The van der Waals surface area contributed by atoms with Crippen molar-refractivity contribution in [3.63, 3.8) is 0 Å². The number of aliphatic hydroxyl groups is 1. The number of benzene rings is 3. The van der Waals surface area contributed by atoms with Gasteiger partial charge in [0.2, 0.25) is 5.13 Å². The Hall–Kier alpha value is -3.86. The molecule has 1 fully saturated rings. The minimum atomic E-state index is -0.942. The molecule has 44 heavy (non-hydrogen) atoms. The van der Waals surface area contributed by atoms with Crippen LogP contribution in [-0.2, 0) is 21.8 Å². The number of unbranched alkanes of at least 4 members (excludes halogenated alkanes) is 1. The summed E-state index contributed by atoms with van der Waals surface area (Å²) in [7, 11) is 0. The van der Waals surface area contributed by atoms with Gasteiger partial charge in [0, 0.05) is 22.8 Å². The lowest BCUT2D eigenvalue weighted by Crippen LogP contribution is -2.29. The van der Waals surface area contributed by atoms with Crippen molar-refractivity contribution in [1.82, 2.24) is 10.2 Å². The average molecular weight is 648 g/mol. The van der Waals surface area contributed by atoms with Gasteiger partial charge in [0.05, 0.1) is 18.2 Å². The van der Waals surface area contributed by atoms with E-state index in [-0.39, 0.29) is 22.6 Å². The topological polar surface area (TPSA) is 102 Å². The summed E-state index contributed by atoms with van der Waals surface area (Å²) in [6, 6.07) is 19.2. The largest absolute Gasteiger partial charge is 0.507 e. The third-order valence-corrected chi connectivity index (χ3v) is 9.94. The number of ether oxygens (including phenoxy) is 2. The number of anilines is 1. The highest BCUT2D eigenvalue weighted by Gasteiger charge is 2.48. The van der Waals surface area contributed by atoms with E-state index in [1.165, 1.54) is 28.0 Å². The van der Waals surface area contributed by atoms with Gasteiger partial charge < -0.3 is 14.6 Å². The van der Waals surface area contributed by atoms with E-state index >= 15 is 0 Å². The molecule has 3 heterocycles. The zero-order chi connectivity index (χ0) is 30.8. The van der Waals surface area contributed by atoms with E-state index in [2.05, 4.69) is 17.1 Å². The fourth-order valence-electron chi connectivity index (χ4n) is 5.29. The Bertz CT molecular complexity index is 1760. The molecule has 11 heteroatoms. The van der Waals surface area contributed by atoms with Crippen molar-refractivity contribution in [2.24, 2.45) is 0 Å². The van der Waals surface area contributed by atoms with Crippen LogP contribution >= 0.6 is 34.7 Å². The fraction of sp³-hybridized carbons (Fsp3) is 0.273. The minimum absolute atomic E-state index is 0.0193. The number of thioether (sulfide) groups is 1. The zero-order valence-electron chi connectivity index (χ0n) is 24.2. The number of aromatic nitrogens is 2. The molecule has 0 radical (unpaired) electrons. The first kappa shape index (κ1) is 30.2. The third kappa shape index (κ3) is 6.06. The lowest BCUT2D eigenvalue weighted by Gasteiger charge is -2.23. The van der Waals surface area contributed by atoms with Crippen molar-refractivity contribution in [3.8, 4) is 11.5 Å². The first-order valence-corrected chi connectivity index (χ1v) is 16.6. The number of amides is 1. The molecule has 4 aromatic rings. The zero-order valence-corrected chi connectivity index (χ0v) is 26.5. The molecule has 0 saturated carbocycles. The molecule has 2 aliphatic rings. The highest BCUT2D eigenvalue weighted by molar-refractivity contribution is 8.00. The Morgan fingerprint density at radius 1 is 1.14 bits per heavy atom. The maximum Gasteiger partial charge on any atom is 0.301 e. The van der Waals surface area contributed by atoms with Gasteiger partial charge in [-0.2, -0.15) is 0 Å². The molecule has 8 nitrogen and oxygen atoms in total. The van der Waals surface area contributed by atoms with Crippen LogP contribution in [0, 0.1) is 0 Å². The molecule has 3 aromatic carbocycles. The summed E-state index contributed by atoms with van der Waals surface area (Å²) in [5.41, 5.74) is 2.91. The van der Waals surface area contributed by atoms with Crippen LogP contribution in [0.2, 0.25) is 5.02 Å². The van der Waals surface area contributed by atoms with E-state index in [1.54, 1.807) is 18.2 Å². The Labute approximate surface area is 268 Å². The Morgan fingerprint density at radius 3 is 2.80 bits per heavy atom. The van der Waals surface area contributed by atoms with Crippen molar-refractivity contribution in [1.29, 1.82) is 0 Å². The summed E-state index contributed by atoms with van der Waals surface area (Å²) in [5, 5.41) is 21.2. The highest BCUT2D eigenvalue weighted by Crippen LogP contribution is 2.45. The van der Waals surface area contributed by atoms with E-state index < -0.39 is 17.7 Å². The number of halogens is 1. The second kappa shape index (κ2) is 13.0. The number of Topliss-reactive ketones (excluding diaryl/α,β-unsaturated/α-hetero) is 1. The molecule has 0 aliphatic carbocycles. The molecule has 1 N–H and O–H groups in total. The summed E-state index contributed by atoms with van der Waals surface area (Å²) in [5.74, 6) is 0.0839. The number of carbonyl (C=O) groups is 2. The van der Waals surface area contributed by atoms with Gasteiger partial charge in [-0.1, -0.05) is 78.4 Å². The molecule has 6 rings (SSSR count). The highest BCUT2D eigenvalue weighted by atomic mass is 35.5. The summed E-state index contributed by atoms with van der Waals surface area (Å²) >= 11 is 8.97. The average Bonchev–Trinajstić information content (AvgIpc) is 3.71. The lowest BCUT2D eigenvalue weighted by atomic mass is 9.94. The fourth-order valence-corrected chi connectivity index (χ4v) is 7.45. The molecule has 0 spiro atoms. The number of nitrogens with zero attached hydrogens (tertiary/aromatic N) is 3. The molecule has 0 unspecified atom stereocenters. The van der Waals surface area contributed by atoms with Gasteiger partial charge in [0.1, 0.15) is 23.4 Å². The van der Waals surface area contributed by atoms with E-state index in [1.807, 2.05) is 55.5 Å². The quantitative estimate of drug-likeness (QED) is 0.0469. The summed E-state index contributed by atoms with van der Waals surface area (Å²) < 4.78 is 12.4. The normalized spacial score (nSPS) is 18.8. The van der Waals surface area contributed by atoms with Crippen LogP contribution in [-0.4, -0.2) is 39.7 Å². The second-order valence-corrected chi connectivity index (χ2v) is 13.2. The van der Waals surface area contributed by atoms with Gasteiger partial charge >= 0.3 is 5.91 Å². The van der Waals surface area contributed by atoms with Gasteiger partial charge in [-0.3, -0.25) is 14.5 Å². The van der Waals surface area contributed by atoms with Crippen LogP contribution < -0.4 is 14.4 Å². The molecular formula is C33H30ClN3O5S2. The predicted octanol–water partition coefficient (Wildman–Crippen LogP) is 7.61. The van der Waals surface area contributed by atoms with Crippen molar-refractivity contribution < 1.29 is 24.2 Å². The number of aliphatic hydroxyl groups excluding tert-OH is 1. The number of fused-ring (bicyclic) bond motifs is 1. The molecule has 1 aromatic heterocycles. The van der Waals surface area contributed by atoms with E-state index in [4.69, 9.17) is 21.1 Å². The van der Waals surface area contributed by atoms with Crippen molar-refractivity contribution >= 4 is 57.3 Å². The van der Waals surface area contributed by atoms with Crippen LogP contribution in [0.4, 0.5) is 5.13 Å². The number of ketones is 1. The van der Waals surface area contributed by atoms with Crippen LogP contribution in [0.15, 0.2) is 76.6 Å². The first-order valence-electron chi connectivity index (χ1n) is 14.4. The van der Waals surface area contributed by atoms with Crippen molar-refractivity contribution in [2.45, 2.75) is 55.3 Å². The van der Waals surface area contributed by atoms with Gasteiger partial charge in [-0.15, -0.1) is 10.2 Å². The first-order chi connectivity index (χ1) is 21.3. The SMILES string of the molecule is CCCCOc1cccc([C@@H]2/C(=C(\O)c3ccc4c(c3)C[C@@H](C)O4)C(=O)C(=O)N2c2nnc(SCc3ccccc3Cl)s2)c1. The van der Waals surface area contributed by atoms with Crippen LogP contribution in [0.25, 0.3) is 5.76 Å². The molecule has 226 valence electrons. The Balaban J connectivity index is 1.39. The number of carbonyl (C=O) groups excluding carboxylic acids is 2. The van der Waals surface area contributed by atoms with Crippen LogP contribution in [0.5, 0.6) is 11.5 Å². The van der Waals surface area contributed by atoms with E-state index in [0.717, 1.165) is 29.7 Å². The summed E-state index contributed by atoms with van der Waals surface area (Å²) in [4.78, 5) is 28.7. The Kier molecular flexibility index (Phi) is 8.93. The van der Waals surface area contributed by atoms with Gasteiger partial charge in [0.15, 0.2) is 4.34 Å². The minimum Gasteiger partial charge on any atom is -0.507 e. The molecule has 1 amide bonds. The van der Waals surface area contributed by atoms with Crippen LogP contribution in [0.1, 0.15) is 55.0 Å². The molecule has 1 saturated heterocycles. The molecule has 2 atom stereocenters. The second-order valence-electron chi connectivity index (χ2n) is 10.6. The van der Waals surface area contributed by atoms with Crippen molar-refractivity contribution in [3.05, 3.63) is 99.6 Å². The van der Waals surface area contributed by atoms with Gasteiger partial charge in [0.25, 0.3) is 5.78 Å².